The molecule has 0 aromatic carbocycles. The third-order valence-electron chi connectivity index (χ3n) is 8.88. The van der Waals surface area contributed by atoms with Crippen molar-refractivity contribution in [3.8, 4) is 0 Å². The minimum atomic E-state index is 0.185. The van der Waals surface area contributed by atoms with Crippen LogP contribution in [0.4, 0.5) is 5.82 Å². The van der Waals surface area contributed by atoms with Crippen LogP contribution in [0.15, 0.2) is 30.2 Å². The molecule has 6 atom stereocenters. The van der Waals surface area contributed by atoms with E-state index >= 15 is 0 Å². The molecule has 0 unspecified atom stereocenters. The zero-order chi connectivity index (χ0) is 18.8. The monoisotopic (exact) mass is 361 g/mol. The van der Waals surface area contributed by atoms with Gasteiger partial charge in [0.15, 0.2) is 6.33 Å². The van der Waals surface area contributed by atoms with Crippen LogP contribution in [0, 0.1) is 41.1 Å². The lowest BCUT2D eigenvalue weighted by Gasteiger charge is -2.57. The third-order valence-corrected chi connectivity index (χ3v) is 8.88. The summed E-state index contributed by atoms with van der Waals surface area (Å²) in [5, 5.41) is 0. The van der Waals surface area contributed by atoms with Gasteiger partial charge in [-0.3, -0.25) is 4.57 Å². The van der Waals surface area contributed by atoms with Crippen LogP contribution in [-0.4, -0.2) is 9.55 Å². The number of aromatic nitrogens is 2. The normalized spacial score (nSPS) is 43.0. The van der Waals surface area contributed by atoms with Crippen LogP contribution >= 0.6 is 0 Å². The van der Waals surface area contributed by atoms with Gasteiger partial charge < -0.3 is 4.85 Å². The first-order valence-electron chi connectivity index (χ1n) is 10.8. The minimum Gasteiger partial charge on any atom is -0.362 e. The van der Waals surface area contributed by atoms with Crippen LogP contribution in [0.3, 0.4) is 0 Å². The van der Waals surface area contributed by atoms with E-state index in [0.717, 1.165) is 24.2 Å². The van der Waals surface area contributed by atoms with Crippen molar-refractivity contribution in [1.82, 2.24) is 9.55 Å². The molecular weight excluding hydrogens is 330 g/mol. The van der Waals surface area contributed by atoms with E-state index in [4.69, 9.17) is 6.57 Å². The molecule has 142 valence electrons. The first-order valence-corrected chi connectivity index (χ1v) is 10.8. The van der Waals surface area contributed by atoms with Gasteiger partial charge >= 0.3 is 0 Å². The number of rotatable bonds is 1. The Kier molecular flexibility index (Phi) is 3.74. The highest BCUT2D eigenvalue weighted by Crippen LogP contribution is 2.66. The lowest BCUT2D eigenvalue weighted by Crippen LogP contribution is -2.49. The first kappa shape index (κ1) is 17.3. The molecule has 27 heavy (non-hydrogen) atoms. The molecule has 3 nitrogen and oxygen atoms in total. The Morgan fingerprint density at radius 1 is 1.11 bits per heavy atom. The van der Waals surface area contributed by atoms with Gasteiger partial charge in [-0.2, -0.15) is 0 Å². The molecule has 0 amide bonds. The predicted molar refractivity (Wildman–Crippen MR) is 109 cm³/mol. The predicted octanol–water partition coefficient (Wildman–Crippen LogP) is 6.48. The molecule has 4 aliphatic carbocycles. The van der Waals surface area contributed by atoms with E-state index in [1.54, 1.807) is 11.8 Å². The average molecular weight is 362 g/mol. The van der Waals surface area contributed by atoms with Gasteiger partial charge in [-0.1, -0.05) is 39.0 Å². The molecule has 0 spiro atoms. The molecule has 4 aliphatic rings. The Labute approximate surface area is 163 Å². The molecule has 2 fully saturated rings. The fraction of sp³-hybridized carbons (Fsp3) is 0.667. The summed E-state index contributed by atoms with van der Waals surface area (Å²) in [4.78, 5) is 7.96. The Morgan fingerprint density at radius 3 is 2.74 bits per heavy atom. The Bertz CT molecular complexity index is 868. The molecule has 0 aliphatic heterocycles. The summed E-state index contributed by atoms with van der Waals surface area (Å²) in [5.41, 5.74) is 3.75. The van der Waals surface area contributed by atoms with Crippen molar-refractivity contribution >= 4 is 11.5 Å². The van der Waals surface area contributed by atoms with Gasteiger partial charge in [0, 0.05) is 5.41 Å². The molecule has 0 N–H and O–H groups in total. The number of hydrogen-bond donors (Lipinski definition) is 0. The lowest BCUT2D eigenvalue weighted by atomic mass is 9.47. The van der Waals surface area contributed by atoms with E-state index in [-0.39, 0.29) is 5.41 Å². The maximum absolute atomic E-state index is 7.48. The average Bonchev–Trinajstić information content (AvgIpc) is 3.25. The zero-order valence-corrected chi connectivity index (χ0v) is 16.9. The number of nitrogens with zero attached hydrogens (tertiary/aromatic N) is 3. The van der Waals surface area contributed by atoms with Crippen LogP contribution in [0.5, 0.6) is 0 Å². The Hall–Kier alpha value is -1.82. The SMILES string of the molecule is [C-]#[N+]c1cncn1C1=CC[C@H]2[C@@H]3CC=C4C[C@@H](C)CC[C@]4(C)[C@H]3CC[C@]12C. The summed E-state index contributed by atoms with van der Waals surface area (Å²) >= 11 is 0. The van der Waals surface area contributed by atoms with Crippen molar-refractivity contribution in [3.05, 3.63) is 41.7 Å². The molecule has 3 heteroatoms. The smallest absolute Gasteiger partial charge is 0.254 e. The minimum absolute atomic E-state index is 0.185. The highest BCUT2D eigenvalue weighted by molar-refractivity contribution is 5.62. The Balaban J connectivity index is 1.49. The van der Waals surface area contributed by atoms with Crippen LogP contribution < -0.4 is 0 Å². The topological polar surface area (TPSA) is 22.2 Å². The zero-order valence-electron chi connectivity index (χ0n) is 16.9. The number of imidazole rings is 1. The maximum Gasteiger partial charge on any atom is 0.254 e. The van der Waals surface area contributed by atoms with Gasteiger partial charge in [-0.15, -0.1) is 0 Å². The first-order chi connectivity index (χ1) is 13.0. The van der Waals surface area contributed by atoms with Crippen molar-refractivity contribution in [2.75, 3.05) is 0 Å². The summed E-state index contributed by atoms with van der Waals surface area (Å²) in [6.45, 7) is 15.0. The second kappa shape index (κ2) is 5.84. The Morgan fingerprint density at radius 2 is 1.93 bits per heavy atom. The van der Waals surface area contributed by atoms with Crippen molar-refractivity contribution < 1.29 is 0 Å². The van der Waals surface area contributed by atoms with Crippen LogP contribution in [-0.2, 0) is 0 Å². The standard InChI is InChI=1S/C24H31N3/c1-16-9-11-23(2)17(13-16)5-6-18-19-7-8-21(24(19,3)12-10-20(18)23)27-15-26-14-22(27)25-4/h5,8,14-16,18-20H,6-7,9-13H2,1-3H3/t16-,18-,19-,20-,23-,24-/m0/s1. The van der Waals surface area contributed by atoms with Gasteiger partial charge in [0.25, 0.3) is 5.82 Å². The molecule has 1 aromatic heterocycles. The van der Waals surface area contributed by atoms with Crippen molar-refractivity contribution in [2.45, 2.75) is 65.7 Å². The number of fused-ring (bicyclic) bond motifs is 5. The number of allylic oxidation sites excluding steroid dienone is 4. The summed E-state index contributed by atoms with van der Waals surface area (Å²) in [5.74, 6) is 3.87. The van der Waals surface area contributed by atoms with Crippen molar-refractivity contribution in [2.24, 2.45) is 34.5 Å². The summed E-state index contributed by atoms with van der Waals surface area (Å²) < 4.78 is 2.07. The quantitative estimate of drug-likeness (QED) is 0.414. The summed E-state index contributed by atoms with van der Waals surface area (Å²) in [6.07, 6.45) is 17.7. The van der Waals surface area contributed by atoms with Crippen molar-refractivity contribution in [3.63, 3.8) is 0 Å². The third kappa shape index (κ3) is 2.28. The van der Waals surface area contributed by atoms with E-state index in [1.807, 2.05) is 6.33 Å². The second-order valence-corrected chi connectivity index (χ2v) is 10.1. The summed E-state index contributed by atoms with van der Waals surface area (Å²) in [7, 11) is 0. The fourth-order valence-electron chi connectivity index (χ4n) is 7.32. The van der Waals surface area contributed by atoms with Crippen LogP contribution in [0.25, 0.3) is 10.5 Å². The van der Waals surface area contributed by atoms with E-state index < -0.39 is 0 Å². The van der Waals surface area contributed by atoms with E-state index in [0.29, 0.717) is 17.2 Å². The molecule has 0 saturated heterocycles. The van der Waals surface area contributed by atoms with Crippen molar-refractivity contribution in [1.29, 1.82) is 0 Å². The maximum atomic E-state index is 7.48. The van der Waals surface area contributed by atoms with E-state index in [2.05, 4.69) is 47.3 Å². The van der Waals surface area contributed by atoms with Crippen LogP contribution in [0.1, 0.15) is 65.7 Å². The van der Waals surface area contributed by atoms with Gasteiger partial charge in [0.2, 0.25) is 0 Å². The summed E-state index contributed by atoms with van der Waals surface area (Å²) in [6, 6.07) is 0. The highest BCUT2D eigenvalue weighted by atomic mass is 15.1. The molecular formula is C24H31N3. The molecule has 1 aromatic rings. The molecule has 2 saturated carbocycles. The molecule has 5 rings (SSSR count). The molecule has 0 bridgehead atoms. The molecule has 1 heterocycles. The lowest BCUT2D eigenvalue weighted by molar-refractivity contribution is -0.0151. The van der Waals surface area contributed by atoms with Gasteiger partial charge in [-0.25, -0.2) is 4.98 Å². The van der Waals surface area contributed by atoms with Crippen LogP contribution in [0.2, 0.25) is 0 Å². The molecule has 0 radical (unpaired) electrons. The van der Waals surface area contributed by atoms with Gasteiger partial charge in [0.1, 0.15) is 0 Å². The van der Waals surface area contributed by atoms with E-state index in [9.17, 15) is 0 Å². The fourth-order valence-corrected chi connectivity index (χ4v) is 7.32. The second-order valence-electron chi connectivity index (χ2n) is 10.1. The number of hydrogen-bond acceptors (Lipinski definition) is 1. The highest BCUT2D eigenvalue weighted by Gasteiger charge is 2.57. The van der Waals surface area contributed by atoms with Gasteiger partial charge in [-0.05, 0) is 80.1 Å². The largest absolute Gasteiger partial charge is 0.362 e. The van der Waals surface area contributed by atoms with Gasteiger partial charge in [0.05, 0.1) is 11.9 Å². The van der Waals surface area contributed by atoms with E-state index in [1.165, 1.54) is 44.2 Å².